The van der Waals surface area contributed by atoms with E-state index in [9.17, 15) is 9.90 Å². The van der Waals surface area contributed by atoms with Gasteiger partial charge in [0.15, 0.2) is 5.16 Å². The molecule has 0 aliphatic rings. The molecule has 0 spiro atoms. The van der Waals surface area contributed by atoms with E-state index < -0.39 is 0 Å². The van der Waals surface area contributed by atoms with E-state index in [0.29, 0.717) is 21.9 Å². The summed E-state index contributed by atoms with van der Waals surface area (Å²) in [7, 11) is 1.89. The van der Waals surface area contributed by atoms with Crippen LogP contribution >= 0.6 is 23.4 Å². The number of rotatable bonds is 6. The predicted molar refractivity (Wildman–Crippen MR) is 110 cm³/mol. The third-order valence-corrected chi connectivity index (χ3v) is 5.27. The van der Waals surface area contributed by atoms with Crippen LogP contribution in [0.3, 0.4) is 0 Å². The second-order valence-corrected chi connectivity index (χ2v) is 7.39. The van der Waals surface area contributed by atoms with Crippen molar-refractivity contribution in [3.8, 4) is 5.75 Å². The van der Waals surface area contributed by atoms with E-state index in [4.69, 9.17) is 11.6 Å². The summed E-state index contributed by atoms with van der Waals surface area (Å²) in [5.74, 6) is 0.428. The van der Waals surface area contributed by atoms with Crippen LogP contribution in [0, 0.1) is 0 Å². The first-order valence-electron chi connectivity index (χ1n) is 8.33. The molecule has 0 aliphatic heterocycles. The van der Waals surface area contributed by atoms with Crippen molar-refractivity contribution in [3.63, 3.8) is 0 Å². The zero-order valence-electron chi connectivity index (χ0n) is 15.3. The maximum atomic E-state index is 12.3. The van der Waals surface area contributed by atoms with Gasteiger partial charge in [-0.1, -0.05) is 35.5 Å². The molecule has 2 N–H and O–H groups in total. The van der Waals surface area contributed by atoms with Gasteiger partial charge in [0.25, 0.3) is 5.91 Å². The Labute approximate surface area is 171 Å². The summed E-state index contributed by atoms with van der Waals surface area (Å²) < 4.78 is 1.85. The van der Waals surface area contributed by atoms with E-state index in [0.717, 1.165) is 16.5 Å². The van der Waals surface area contributed by atoms with Gasteiger partial charge in [0.2, 0.25) is 0 Å². The lowest BCUT2D eigenvalue weighted by molar-refractivity contribution is 0.0955. The van der Waals surface area contributed by atoms with Gasteiger partial charge in [0, 0.05) is 29.0 Å². The van der Waals surface area contributed by atoms with Crippen molar-refractivity contribution in [1.29, 1.82) is 0 Å². The van der Waals surface area contributed by atoms with E-state index >= 15 is 0 Å². The fourth-order valence-electron chi connectivity index (χ4n) is 2.36. The summed E-state index contributed by atoms with van der Waals surface area (Å²) in [4.78, 5) is 12.3. The summed E-state index contributed by atoms with van der Waals surface area (Å²) in [6.45, 7) is 1.68. The number of nitrogens with one attached hydrogen (secondary N) is 1. The second kappa shape index (κ2) is 8.90. The maximum Gasteiger partial charge on any atom is 0.271 e. The van der Waals surface area contributed by atoms with Crippen LogP contribution in [0.15, 0.2) is 59.0 Å². The molecule has 1 amide bonds. The van der Waals surface area contributed by atoms with Crippen LogP contribution in [-0.4, -0.2) is 31.5 Å². The Morgan fingerprint density at radius 2 is 2.04 bits per heavy atom. The lowest BCUT2D eigenvalue weighted by atomic mass is 10.1. The molecular weight excluding hydrogens is 398 g/mol. The molecule has 0 saturated carbocycles. The van der Waals surface area contributed by atoms with Gasteiger partial charge in [-0.05, 0) is 42.8 Å². The minimum atomic E-state index is -0.339. The van der Waals surface area contributed by atoms with Crippen molar-refractivity contribution < 1.29 is 9.90 Å². The van der Waals surface area contributed by atoms with E-state index in [-0.39, 0.29) is 11.7 Å². The van der Waals surface area contributed by atoms with Gasteiger partial charge in [-0.25, -0.2) is 5.43 Å². The molecule has 1 heterocycles. The lowest BCUT2D eigenvalue weighted by Gasteiger charge is -2.06. The number of carbonyl (C=O) groups excluding carboxylic acids is 1. The van der Waals surface area contributed by atoms with Crippen LogP contribution < -0.4 is 5.43 Å². The van der Waals surface area contributed by atoms with Crippen molar-refractivity contribution in [2.45, 2.75) is 17.8 Å². The SMILES string of the molecule is C/C(=N\NC(=O)c1ccc(CSc2nncn2C)cc1)c1cc(Cl)ccc1O. The third-order valence-electron chi connectivity index (χ3n) is 3.93. The average Bonchev–Trinajstić information content (AvgIpc) is 3.11. The minimum Gasteiger partial charge on any atom is -0.507 e. The van der Waals surface area contributed by atoms with Crippen molar-refractivity contribution in [3.05, 3.63) is 70.5 Å². The van der Waals surface area contributed by atoms with Crippen LogP contribution in [0.2, 0.25) is 5.02 Å². The predicted octanol–water partition coefficient (Wildman–Crippen LogP) is 3.62. The Balaban J connectivity index is 1.61. The minimum absolute atomic E-state index is 0.0460. The monoisotopic (exact) mass is 415 g/mol. The van der Waals surface area contributed by atoms with Gasteiger partial charge >= 0.3 is 0 Å². The molecule has 9 heteroatoms. The van der Waals surface area contributed by atoms with Gasteiger partial charge in [0.05, 0.1) is 5.71 Å². The molecule has 28 heavy (non-hydrogen) atoms. The number of hydrazone groups is 1. The number of benzene rings is 2. The Kier molecular flexibility index (Phi) is 6.33. The smallest absolute Gasteiger partial charge is 0.271 e. The van der Waals surface area contributed by atoms with E-state index in [1.54, 1.807) is 49.3 Å². The Bertz CT molecular complexity index is 1020. The molecule has 0 atom stereocenters. The highest BCUT2D eigenvalue weighted by Crippen LogP contribution is 2.22. The number of hydrogen-bond donors (Lipinski definition) is 2. The zero-order valence-corrected chi connectivity index (χ0v) is 16.8. The highest BCUT2D eigenvalue weighted by molar-refractivity contribution is 7.98. The molecule has 2 aromatic carbocycles. The fourth-order valence-corrected chi connectivity index (χ4v) is 3.38. The van der Waals surface area contributed by atoms with Gasteiger partial charge in [-0.3, -0.25) is 4.79 Å². The lowest BCUT2D eigenvalue weighted by Crippen LogP contribution is -2.19. The Hall–Kier alpha value is -2.84. The third kappa shape index (κ3) is 4.90. The van der Waals surface area contributed by atoms with Gasteiger partial charge in [-0.2, -0.15) is 5.10 Å². The first-order chi connectivity index (χ1) is 13.4. The van der Waals surface area contributed by atoms with Crippen LogP contribution in [0.4, 0.5) is 0 Å². The molecule has 0 saturated heterocycles. The number of halogens is 1. The van der Waals surface area contributed by atoms with Crippen LogP contribution in [0.25, 0.3) is 0 Å². The number of aryl methyl sites for hydroxylation is 1. The number of amides is 1. The summed E-state index contributed by atoms with van der Waals surface area (Å²) in [5, 5.41) is 23.1. The molecule has 144 valence electrons. The van der Waals surface area contributed by atoms with Gasteiger partial charge in [-0.15, -0.1) is 10.2 Å². The quantitative estimate of drug-likeness (QED) is 0.364. The standard InChI is InChI=1S/C19H18ClN5O2S/c1-12(16-9-15(20)7-8-17(16)26)22-23-18(27)14-5-3-13(4-6-14)10-28-19-24-21-11-25(19)2/h3-9,11,26H,10H2,1-2H3,(H,23,27)/b22-12+. The molecule has 3 rings (SSSR count). The Morgan fingerprint density at radius 3 is 2.71 bits per heavy atom. The number of aromatic hydroxyl groups is 1. The normalized spacial score (nSPS) is 11.5. The Morgan fingerprint density at radius 1 is 1.29 bits per heavy atom. The topological polar surface area (TPSA) is 92.4 Å². The van der Waals surface area contributed by atoms with Crippen molar-refractivity contribution >= 4 is 35.0 Å². The van der Waals surface area contributed by atoms with Crippen molar-refractivity contribution in [2.24, 2.45) is 12.1 Å². The molecule has 0 bridgehead atoms. The molecule has 1 aromatic heterocycles. The summed E-state index contributed by atoms with van der Waals surface area (Å²) in [5.41, 5.74) is 4.95. The molecule has 7 nitrogen and oxygen atoms in total. The highest BCUT2D eigenvalue weighted by Gasteiger charge is 2.09. The zero-order chi connectivity index (χ0) is 20.1. The number of carbonyl (C=O) groups is 1. The van der Waals surface area contributed by atoms with E-state index in [1.165, 1.54) is 6.07 Å². The largest absolute Gasteiger partial charge is 0.507 e. The first kappa shape index (κ1) is 19.9. The van der Waals surface area contributed by atoms with E-state index in [1.807, 2.05) is 23.7 Å². The second-order valence-electron chi connectivity index (χ2n) is 6.01. The molecule has 0 aliphatic carbocycles. The van der Waals surface area contributed by atoms with Crippen LogP contribution in [0.5, 0.6) is 5.75 Å². The first-order valence-corrected chi connectivity index (χ1v) is 9.69. The summed E-state index contributed by atoms with van der Waals surface area (Å²) in [6.07, 6.45) is 1.65. The highest BCUT2D eigenvalue weighted by atomic mass is 35.5. The molecular formula is C19H18ClN5O2S. The maximum absolute atomic E-state index is 12.3. The van der Waals surface area contributed by atoms with Gasteiger partial charge in [0.1, 0.15) is 12.1 Å². The number of phenols is 1. The summed E-state index contributed by atoms with van der Waals surface area (Å²) >= 11 is 7.51. The van der Waals surface area contributed by atoms with Crippen molar-refractivity contribution in [1.82, 2.24) is 20.2 Å². The van der Waals surface area contributed by atoms with Crippen LogP contribution in [0.1, 0.15) is 28.4 Å². The average molecular weight is 416 g/mol. The van der Waals surface area contributed by atoms with E-state index in [2.05, 4.69) is 20.7 Å². The number of phenolic OH excluding ortho intramolecular Hbond substituents is 1. The molecule has 3 aromatic rings. The van der Waals surface area contributed by atoms with Gasteiger partial charge < -0.3 is 9.67 Å². The molecule has 0 fully saturated rings. The number of hydrogen-bond acceptors (Lipinski definition) is 6. The van der Waals surface area contributed by atoms with Crippen molar-refractivity contribution in [2.75, 3.05) is 0 Å². The number of aromatic nitrogens is 3. The molecule has 0 unspecified atom stereocenters. The fraction of sp³-hybridized carbons (Fsp3) is 0.158. The number of nitrogens with zero attached hydrogens (tertiary/aromatic N) is 4. The number of thioether (sulfide) groups is 1. The van der Waals surface area contributed by atoms with Crippen LogP contribution in [-0.2, 0) is 12.8 Å². The molecule has 0 radical (unpaired) electrons. The summed E-state index contributed by atoms with van der Waals surface area (Å²) in [6, 6.07) is 11.9.